The van der Waals surface area contributed by atoms with Crippen molar-refractivity contribution in [2.75, 3.05) is 10.6 Å². The molecule has 188 valence electrons. The van der Waals surface area contributed by atoms with E-state index in [0.717, 1.165) is 54.8 Å². The molecular formula is C27H31N5O3S. The molecule has 0 radical (unpaired) electrons. The monoisotopic (exact) mass is 505 g/mol. The molecule has 3 amide bonds. The first-order valence-corrected chi connectivity index (χ1v) is 12.9. The van der Waals surface area contributed by atoms with E-state index in [1.54, 1.807) is 12.1 Å². The molecule has 5 N–H and O–H groups in total. The maximum absolute atomic E-state index is 14.0. The first kappa shape index (κ1) is 25.4. The summed E-state index contributed by atoms with van der Waals surface area (Å²) in [5.74, 6) is -1.60. The molecule has 1 unspecified atom stereocenters. The first-order valence-electron chi connectivity index (χ1n) is 12.1. The van der Waals surface area contributed by atoms with Crippen LogP contribution in [0.5, 0.6) is 0 Å². The summed E-state index contributed by atoms with van der Waals surface area (Å²) < 4.78 is 4.00. The molecule has 0 aliphatic heterocycles. The normalized spacial score (nSPS) is 14.7. The predicted octanol–water partition coefficient (Wildman–Crippen LogP) is 4.28. The zero-order valence-electron chi connectivity index (χ0n) is 20.5. The molecule has 1 heterocycles. The molecule has 9 heteroatoms. The summed E-state index contributed by atoms with van der Waals surface area (Å²) in [6.45, 7) is 3.91. The molecule has 0 saturated heterocycles. The second kappa shape index (κ2) is 10.9. The number of aromatic nitrogens is 1. The van der Waals surface area contributed by atoms with Gasteiger partial charge in [-0.1, -0.05) is 66.8 Å². The Labute approximate surface area is 214 Å². The number of benzene rings is 2. The van der Waals surface area contributed by atoms with E-state index >= 15 is 0 Å². The standard InChI is InChI=1S/C27H31N5O3S/c1-16-8-12-18(13-9-16)23(26(34)30-19-6-4-3-5-7-19)32(20-14-10-17(2)11-15-20)27(35)24-21(28)22(25(29)33)31-36-24/h8-15,19,23H,3-7,28H2,1-2H3,(H2,29,33)(H,30,34). The van der Waals surface area contributed by atoms with Crippen molar-refractivity contribution in [3.05, 3.63) is 75.8 Å². The largest absolute Gasteiger partial charge is 0.395 e. The van der Waals surface area contributed by atoms with Gasteiger partial charge in [-0.25, -0.2) is 0 Å². The van der Waals surface area contributed by atoms with Crippen LogP contribution in [0.1, 0.15) is 75.0 Å². The minimum Gasteiger partial charge on any atom is -0.395 e. The van der Waals surface area contributed by atoms with Gasteiger partial charge in [-0.15, -0.1) is 0 Å². The minimum absolute atomic E-state index is 0.0594. The van der Waals surface area contributed by atoms with Crippen molar-refractivity contribution >= 4 is 40.6 Å². The van der Waals surface area contributed by atoms with Gasteiger partial charge in [0.25, 0.3) is 11.8 Å². The van der Waals surface area contributed by atoms with Crippen LogP contribution in [0.2, 0.25) is 0 Å². The lowest BCUT2D eigenvalue weighted by Crippen LogP contribution is -2.47. The summed E-state index contributed by atoms with van der Waals surface area (Å²) in [5.41, 5.74) is 14.5. The van der Waals surface area contributed by atoms with Crippen LogP contribution in [0.25, 0.3) is 0 Å². The van der Waals surface area contributed by atoms with Crippen molar-refractivity contribution in [2.45, 2.75) is 58.0 Å². The number of primary amides is 1. The number of anilines is 2. The zero-order chi connectivity index (χ0) is 25.8. The van der Waals surface area contributed by atoms with Gasteiger partial charge < -0.3 is 16.8 Å². The highest BCUT2D eigenvalue weighted by atomic mass is 32.1. The van der Waals surface area contributed by atoms with Gasteiger partial charge >= 0.3 is 0 Å². The summed E-state index contributed by atoms with van der Waals surface area (Å²) in [4.78, 5) is 41.2. The van der Waals surface area contributed by atoms with Crippen LogP contribution in [-0.2, 0) is 4.79 Å². The second-order valence-electron chi connectivity index (χ2n) is 9.31. The van der Waals surface area contributed by atoms with E-state index in [4.69, 9.17) is 11.5 Å². The molecule has 1 aliphatic rings. The Morgan fingerprint density at radius 3 is 2.11 bits per heavy atom. The van der Waals surface area contributed by atoms with Crippen LogP contribution < -0.4 is 21.7 Å². The molecule has 8 nitrogen and oxygen atoms in total. The Hall–Kier alpha value is -3.72. The predicted molar refractivity (Wildman–Crippen MR) is 142 cm³/mol. The van der Waals surface area contributed by atoms with E-state index in [2.05, 4.69) is 9.69 Å². The fourth-order valence-corrected chi connectivity index (χ4v) is 5.26. The van der Waals surface area contributed by atoms with Crippen molar-refractivity contribution in [3.8, 4) is 0 Å². The van der Waals surface area contributed by atoms with Crippen LogP contribution in [-0.4, -0.2) is 28.1 Å². The summed E-state index contributed by atoms with van der Waals surface area (Å²) in [6.07, 6.45) is 5.11. The molecule has 1 aromatic heterocycles. The fourth-order valence-electron chi connectivity index (χ4n) is 4.52. The number of aryl methyl sites for hydroxylation is 2. The average Bonchev–Trinajstić information content (AvgIpc) is 3.26. The van der Waals surface area contributed by atoms with E-state index in [1.807, 2.05) is 50.2 Å². The van der Waals surface area contributed by atoms with Crippen molar-refractivity contribution < 1.29 is 14.4 Å². The zero-order valence-corrected chi connectivity index (χ0v) is 21.3. The lowest BCUT2D eigenvalue weighted by molar-refractivity contribution is -0.123. The summed E-state index contributed by atoms with van der Waals surface area (Å²) in [5, 5.41) is 3.19. The Balaban J connectivity index is 1.83. The molecular weight excluding hydrogens is 474 g/mol. The number of rotatable bonds is 7. The van der Waals surface area contributed by atoms with E-state index < -0.39 is 17.9 Å². The van der Waals surface area contributed by atoms with Crippen LogP contribution in [0.4, 0.5) is 11.4 Å². The van der Waals surface area contributed by atoms with Crippen LogP contribution in [0, 0.1) is 13.8 Å². The van der Waals surface area contributed by atoms with Crippen molar-refractivity contribution in [3.63, 3.8) is 0 Å². The number of amides is 3. The number of nitrogens with zero attached hydrogens (tertiary/aromatic N) is 2. The number of hydrogen-bond donors (Lipinski definition) is 3. The highest BCUT2D eigenvalue weighted by molar-refractivity contribution is 7.09. The molecule has 4 rings (SSSR count). The lowest BCUT2D eigenvalue weighted by Gasteiger charge is -2.33. The van der Waals surface area contributed by atoms with E-state index in [1.165, 1.54) is 4.90 Å². The quantitative estimate of drug-likeness (QED) is 0.441. The Bertz CT molecular complexity index is 1250. The van der Waals surface area contributed by atoms with E-state index in [9.17, 15) is 14.4 Å². The van der Waals surface area contributed by atoms with Gasteiger partial charge in [0.1, 0.15) is 10.9 Å². The maximum atomic E-state index is 14.0. The number of nitrogen functional groups attached to an aromatic ring is 1. The number of nitrogens with one attached hydrogen (secondary N) is 1. The van der Waals surface area contributed by atoms with Gasteiger partial charge in [-0.2, -0.15) is 4.37 Å². The highest BCUT2D eigenvalue weighted by Gasteiger charge is 2.36. The molecule has 1 aliphatic carbocycles. The maximum Gasteiger partial charge on any atom is 0.273 e. The fraction of sp³-hybridized carbons (Fsp3) is 0.333. The topological polar surface area (TPSA) is 131 Å². The van der Waals surface area contributed by atoms with Gasteiger partial charge in [-0.3, -0.25) is 19.3 Å². The molecule has 2 aromatic carbocycles. The summed E-state index contributed by atoms with van der Waals surface area (Å²) in [6, 6.07) is 14.0. The van der Waals surface area contributed by atoms with Crippen LogP contribution in [0.3, 0.4) is 0 Å². The van der Waals surface area contributed by atoms with Gasteiger partial charge in [0.15, 0.2) is 5.69 Å². The minimum atomic E-state index is -0.957. The third-order valence-corrected chi connectivity index (χ3v) is 7.39. The Morgan fingerprint density at radius 1 is 0.972 bits per heavy atom. The number of carbonyl (C=O) groups excluding carboxylic acids is 3. The molecule has 36 heavy (non-hydrogen) atoms. The van der Waals surface area contributed by atoms with Gasteiger partial charge in [0.2, 0.25) is 5.91 Å². The third-order valence-electron chi connectivity index (χ3n) is 6.54. The molecule has 1 fully saturated rings. The van der Waals surface area contributed by atoms with Gasteiger partial charge in [0, 0.05) is 11.7 Å². The Morgan fingerprint density at radius 2 is 1.56 bits per heavy atom. The summed E-state index contributed by atoms with van der Waals surface area (Å²) >= 11 is 0.802. The van der Waals surface area contributed by atoms with Gasteiger partial charge in [-0.05, 0) is 55.9 Å². The van der Waals surface area contributed by atoms with Crippen molar-refractivity contribution in [2.24, 2.45) is 5.73 Å². The van der Waals surface area contributed by atoms with Gasteiger partial charge in [0.05, 0.1) is 5.69 Å². The molecule has 1 atom stereocenters. The van der Waals surface area contributed by atoms with Crippen molar-refractivity contribution in [1.82, 2.24) is 9.69 Å². The SMILES string of the molecule is Cc1ccc(C(C(=O)NC2CCCCC2)N(C(=O)c2snc(C(N)=O)c2N)c2ccc(C)cc2)cc1. The first-order chi connectivity index (χ1) is 17.3. The lowest BCUT2D eigenvalue weighted by atomic mass is 9.94. The molecule has 0 bridgehead atoms. The molecule has 3 aromatic rings. The summed E-state index contributed by atoms with van der Waals surface area (Å²) in [7, 11) is 0. The third kappa shape index (κ3) is 5.41. The van der Waals surface area contributed by atoms with E-state index in [-0.39, 0.29) is 28.2 Å². The second-order valence-corrected chi connectivity index (χ2v) is 10.1. The number of hydrogen-bond acceptors (Lipinski definition) is 6. The number of nitrogens with two attached hydrogens (primary N) is 2. The Kier molecular flexibility index (Phi) is 7.69. The number of carbonyl (C=O) groups is 3. The van der Waals surface area contributed by atoms with E-state index in [0.29, 0.717) is 11.3 Å². The van der Waals surface area contributed by atoms with Crippen LogP contribution >= 0.6 is 11.5 Å². The smallest absolute Gasteiger partial charge is 0.273 e. The van der Waals surface area contributed by atoms with Crippen LogP contribution in [0.15, 0.2) is 48.5 Å². The van der Waals surface area contributed by atoms with Crippen molar-refractivity contribution in [1.29, 1.82) is 0 Å². The molecule has 0 spiro atoms. The average molecular weight is 506 g/mol. The highest BCUT2D eigenvalue weighted by Crippen LogP contribution is 2.34. The molecule has 1 saturated carbocycles.